The summed E-state index contributed by atoms with van der Waals surface area (Å²) in [6.45, 7) is 0. The van der Waals surface area contributed by atoms with E-state index in [4.69, 9.17) is 10.2 Å². The van der Waals surface area contributed by atoms with Crippen LogP contribution in [0, 0.1) is 0 Å². The molecule has 19 heavy (non-hydrogen) atoms. The average molecular weight is 258 g/mol. The molecule has 1 saturated carbocycles. The van der Waals surface area contributed by atoms with Crippen LogP contribution >= 0.6 is 0 Å². The number of nitrogens with two attached hydrogens (primary N) is 1. The Morgan fingerprint density at radius 3 is 2.53 bits per heavy atom. The summed E-state index contributed by atoms with van der Waals surface area (Å²) in [5, 5.41) is 1.14. The topological polar surface area (TPSA) is 42.4 Å². The lowest BCUT2D eigenvalue weighted by atomic mass is 9.86. The van der Waals surface area contributed by atoms with Gasteiger partial charge in [0.25, 0.3) is 0 Å². The molecule has 1 aliphatic rings. The monoisotopic (exact) mass is 258 g/mol. The molecule has 1 aromatic heterocycles. The van der Waals surface area contributed by atoms with Crippen molar-refractivity contribution >= 4 is 11.0 Å². The van der Waals surface area contributed by atoms with Crippen molar-refractivity contribution in [3.63, 3.8) is 0 Å². The average Bonchev–Trinajstić information content (AvgIpc) is 3.05. The first-order chi connectivity index (χ1) is 9.13. The van der Waals surface area contributed by atoms with Crippen LogP contribution in [0.4, 0.5) is 0 Å². The number of fused-ring (bicyclic) bond motifs is 1. The van der Waals surface area contributed by atoms with Crippen LogP contribution < -0.4 is 5.73 Å². The maximum Gasteiger partial charge on any atom is 0.134 e. The summed E-state index contributed by atoms with van der Waals surface area (Å²) >= 11 is 0. The van der Waals surface area contributed by atoms with Crippen LogP contribution in [0.2, 0.25) is 0 Å². The number of benzene rings is 1. The number of para-hydroxylation sites is 1. The molecule has 0 saturated heterocycles. The number of nitrogens with zero attached hydrogens (tertiary/aromatic N) is 1. The molecule has 3 nitrogen and oxygen atoms in total. The summed E-state index contributed by atoms with van der Waals surface area (Å²) in [7, 11) is 4.27. The second-order valence-corrected chi connectivity index (χ2v) is 5.87. The largest absolute Gasteiger partial charge is 0.459 e. The lowest BCUT2D eigenvalue weighted by molar-refractivity contribution is 0.114. The Morgan fingerprint density at radius 2 is 1.89 bits per heavy atom. The van der Waals surface area contributed by atoms with Crippen LogP contribution in [0.25, 0.3) is 11.0 Å². The van der Waals surface area contributed by atoms with Crippen molar-refractivity contribution in [3.05, 3.63) is 36.1 Å². The molecule has 1 atom stereocenters. The van der Waals surface area contributed by atoms with Gasteiger partial charge in [0.1, 0.15) is 11.3 Å². The predicted octanol–water partition coefficient (Wildman–Crippen LogP) is 3.31. The molecule has 1 aliphatic carbocycles. The summed E-state index contributed by atoms with van der Waals surface area (Å²) in [5.74, 6) is 0.914. The molecule has 3 rings (SSSR count). The van der Waals surface area contributed by atoms with Crippen LogP contribution in [-0.2, 0) is 0 Å². The van der Waals surface area contributed by atoms with Gasteiger partial charge in [-0.15, -0.1) is 0 Å². The molecule has 1 unspecified atom stereocenters. The van der Waals surface area contributed by atoms with E-state index in [0.717, 1.165) is 29.6 Å². The summed E-state index contributed by atoms with van der Waals surface area (Å²) in [6.07, 6.45) is 4.81. The maximum atomic E-state index is 6.56. The van der Waals surface area contributed by atoms with E-state index in [-0.39, 0.29) is 11.6 Å². The molecule has 0 radical (unpaired) electrons. The van der Waals surface area contributed by atoms with E-state index in [1.165, 1.54) is 12.8 Å². The van der Waals surface area contributed by atoms with E-state index in [1.807, 2.05) is 18.2 Å². The maximum absolute atomic E-state index is 6.56. The summed E-state index contributed by atoms with van der Waals surface area (Å²) in [5.41, 5.74) is 7.54. The van der Waals surface area contributed by atoms with E-state index in [2.05, 4.69) is 31.1 Å². The molecule has 0 spiro atoms. The summed E-state index contributed by atoms with van der Waals surface area (Å²) < 4.78 is 5.97. The minimum absolute atomic E-state index is 0.0495. The van der Waals surface area contributed by atoms with Gasteiger partial charge in [-0.3, -0.25) is 0 Å². The second kappa shape index (κ2) is 4.66. The highest BCUT2D eigenvalue weighted by molar-refractivity contribution is 5.77. The van der Waals surface area contributed by atoms with Crippen LogP contribution in [-0.4, -0.2) is 24.5 Å². The zero-order valence-electron chi connectivity index (χ0n) is 11.7. The highest BCUT2D eigenvalue weighted by Gasteiger charge is 2.43. The number of likely N-dealkylation sites (N-methyl/N-ethyl adjacent to an activating group) is 1. The quantitative estimate of drug-likeness (QED) is 0.918. The van der Waals surface area contributed by atoms with Crippen molar-refractivity contribution in [2.75, 3.05) is 14.1 Å². The number of hydrogen-bond donors (Lipinski definition) is 1. The Bertz CT molecular complexity index is 534. The van der Waals surface area contributed by atoms with Crippen molar-refractivity contribution in [2.45, 2.75) is 37.3 Å². The van der Waals surface area contributed by atoms with E-state index in [0.29, 0.717) is 0 Å². The molecule has 0 aliphatic heterocycles. The van der Waals surface area contributed by atoms with Gasteiger partial charge in [0.2, 0.25) is 0 Å². The molecule has 2 aromatic rings. The SMILES string of the molecule is CN(C)C1(C(N)c2cc3ccccc3o2)CCCC1. The van der Waals surface area contributed by atoms with Gasteiger partial charge in [-0.2, -0.15) is 0 Å². The highest BCUT2D eigenvalue weighted by atomic mass is 16.3. The van der Waals surface area contributed by atoms with Gasteiger partial charge in [-0.1, -0.05) is 31.0 Å². The Morgan fingerprint density at radius 1 is 1.21 bits per heavy atom. The molecular formula is C16H22N2O. The van der Waals surface area contributed by atoms with Crippen molar-refractivity contribution in [2.24, 2.45) is 5.73 Å². The zero-order chi connectivity index (χ0) is 13.5. The van der Waals surface area contributed by atoms with Crippen LogP contribution in [0.5, 0.6) is 0 Å². The Kier molecular flexibility index (Phi) is 3.11. The van der Waals surface area contributed by atoms with Crippen molar-refractivity contribution in [1.29, 1.82) is 0 Å². The Balaban J connectivity index is 2.00. The van der Waals surface area contributed by atoms with Crippen LogP contribution in [0.3, 0.4) is 0 Å². The third-order valence-electron chi connectivity index (χ3n) is 4.69. The molecule has 0 amide bonds. The van der Waals surface area contributed by atoms with E-state index >= 15 is 0 Å². The Hall–Kier alpha value is -1.32. The normalized spacial score (nSPS) is 20.2. The van der Waals surface area contributed by atoms with Gasteiger partial charge in [-0.05, 0) is 39.1 Å². The lowest BCUT2D eigenvalue weighted by Gasteiger charge is -2.40. The third-order valence-corrected chi connectivity index (χ3v) is 4.69. The fourth-order valence-electron chi connectivity index (χ4n) is 3.44. The van der Waals surface area contributed by atoms with Gasteiger partial charge in [0.15, 0.2) is 0 Å². The summed E-state index contributed by atoms with van der Waals surface area (Å²) in [4.78, 5) is 2.29. The van der Waals surface area contributed by atoms with Gasteiger partial charge < -0.3 is 15.1 Å². The van der Waals surface area contributed by atoms with Crippen LogP contribution in [0.1, 0.15) is 37.5 Å². The smallest absolute Gasteiger partial charge is 0.134 e. The standard InChI is InChI=1S/C16H22N2O/c1-18(2)16(9-5-6-10-16)15(17)14-11-12-7-3-4-8-13(12)19-14/h3-4,7-8,11,15H,5-6,9-10,17H2,1-2H3. The summed E-state index contributed by atoms with van der Waals surface area (Å²) in [6, 6.07) is 10.2. The number of furan rings is 1. The van der Waals surface area contributed by atoms with Gasteiger partial charge in [0.05, 0.1) is 6.04 Å². The second-order valence-electron chi connectivity index (χ2n) is 5.87. The molecule has 102 valence electrons. The van der Waals surface area contributed by atoms with Gasteiger partial charge in [-0.25, -0.2) is 0 Å². The van der Waals surface area contributed by atoms with E-state index in [9.17, 15) is 0 Å². The molecule has 3 heteroatoms. The molecule has 1 heterocycles. The molecule has 1 fully saturated rings. The molecule has 1 aromatic carbocycles. The predicted molar refractivity (Wildman–Crippen MR) is 78.0 cm³/mol. The Labute approximate surface area is 114 Å². The number of hydrogen-bond acceptors (Lipinski definition) is 3. The van der Waals surface area contributed by atoms with Crippen LogP contribution in [0.15, 0.2) is 34.7 Å². The lowest BCUT2D eigenvalue weighted by Crippen LogP contribution is -2.50. The van der Waals surface area contributed by atoms with Crippen molar-refractivity contribution in [1.82, 2.24) is 4.90 Å². The third kappa shape index (κ3) is 1.97. The van der Waals surface area contributed by atoms with E-state index < -0.39 is 0 Å². The minimum Gasteiger partial charge on any atom is -0.459 e. The first-order valence-electron chi connectivity index (χ1n) is 7.05. The van der Waals surface area contributed by atoms with Crippen molar-refractivity contribution in [3.8, 4) is 0 Å². The van der Waals surface area contributed by atoms with Gasteiger partial charge >= 0.3 is 0 Å². The fraction of sp³-hybridized carbons (Fsp3) is 0.500. The van der Waals surface area contributed by atoms with Crippen molar-refractivity contribution < 1.29 is 4.42 Å². The minimum atomic E-state index is -0.0580. The highest BCUT2D eigenvalue weighted by Crippen LogP contribution is 2.43. The number of rotatable bonds is 3. The van der Waals surface area contributed by atoms with E-state index in [1.54, 1.807) is 0 Å². The molecule has 2 N–H and O–H groups in total. The zero-order valence-corrected chi connectivity index (χ0v) is 11.7. The fourth-order valence-corrected chi connectivity index (χ4v) is 3.44. The first-order valence-corrected chi connectivity index (χ1v) is 7.05. The van der Waals surface area contributed by atoms with Gasteiger partial charge in [0, 0.05) is 10.9 Å². The first kappa shape index (κ1) is 12.7. The molecule has 0 bridgehead atoms. The molecular weight excluding hydrogens is 236 g/mol.